The van der Waals surface area contributed by atoms with Gasteiger partial charge in [-0.25, -0.2) is 0 Å². The van der Waals surface area contributed by atoms with E-state index >= 15 is 0 Å². The predicted molar refractivity (Wildman–Crippen MR) is 91.8 cm³/mol. The lowest BCUT2D eigenvalue weighted by molar-refractivity contribution is 1.41. The van der Waals surface area contributed by atoms with Gasteiger partial charge in [0.2, 0.25) is 0 Å². The van der Waals surface area contributed by atoms with Gasteiger partial charge in [-0.1, -0.05) is 82.7 Å². The molecule has 3 aromatic rings. The first kappa shape index (κ1) is 12.5. The lowest BCUT2D eigenvalue weighted by Crippen LogP contribution is -2.23. The Hall–Kier alpha value is -2.28. The van der Waals surface area contributed by atoms with Crippen LogP contribution in [0.5, 0.6) is 0 Å². The lowest BCUT2D eigenvalue weighted by Gasteiger charge is -2.07. The van der Waals surface area contributed by atoms with Crippen LogP contribution < -0.4 is 10.9 Å². The molecule has 4 rings (SSSR count). The normalized spacial score (nSPS) is 11.7. The molecular weight excluding hydrogens is 251 g/mol. The molecule has 1 aliphatic heterocycles. The number of benzene rings is 3. The molecule has 0 aromatic heterocycles. The van der Waals surface area contributed by atoms with Crippen molar-refractivity contribution in [3.8, 4) is 22.3 Å². The Kier molecular flexibility index (Phi) is 2.75. The van der Waals surface area contributed by atoms with Gasteiger partial charge in [0.15, 0.2) is 7.28 Å². The van der Waals surface area contributed by atoms with E-state index in [9.17, 15) is 0 Å². The fraction of sp³-hybridized carbons (Fsp3) is 0.100. The minimum atomic E-state index is 1.28. The standard InChI is InChI=1S/C20H16B/c1-13-10-14(2)20-18(11-13)17-9-8-16(12-19(17)21-20)15-6-4-3-5-7-15/h3-12H,1-2H3. The van der Waals surface area contributed by atoms with Gasteiger partial charge >= 0.3 is 0 Å². The van der Waals surface area contributed by atoms with Crippen molar-refractivity contribution in [2.75, 3.05) is 0 Å². The summed E-state index contributed by atoms with van der Waals surface area (Å²) in [6.07, 6.45) is 0. The number of rotatable bonds is 1. The minimum absolute atomic E-state index is 1.28. The quantitative estimate of drug-likeness (QED) is 0.462. The summed E-state index contributed by atoms with van der Waals surface area (Å²) < 4.78 is 0. The molecule has 3 aromatic carbocycles. The third-order valence-electron chi connectivity index (χ3n) is 4.28. The maximum absolute atomic E-state index is 2.33. The zero-order valence-corrected chi connectivity index (χ0v) is 12.4. The molecule has 0 bridgehead atoms. The second-order valence-electron chi connectivity index (χ2n) is 5.86. The van der Waals surface area contributed by atoms with E-state index in [0.717, 1.165) is 0 Å². The van der Waals surface area contributed by atoms with Crippen molar-refractivity contribution in [1.82, 2.24) is 0 Å². The van der Waals surface area contributed by atoms with E-state index in [1.165, 1.54) is 44.3 Å². The van der Waals surface area contributed by atoms with Gasteiger partial charge < -0.3 is 0 Å². The Morgan fingerprint density at radius 2 is 1.52 bits per heavy atom. The number of aryl methyl sites for hydroxylation is 2. The van der Waals surface area contributed by atoms with E-state index in [4.69, 9.17) is 0 Å². The van der Waals surface area contributed by atoms with Crippen LogP contribution in [0, 0.1) is 13.8 Å². The van der Waals surface area contributed by atoms with Crippen LogP contribution in [0.4, 0.5) is 0 Å². The Bertz CT molecular complexity index is 832. The van der Waals surface area contributed by atoms with Crippen LogP contribution >= 0.6 is 0 Å². The SMILES string of the molecule is Cc1cc(C)c2c(c1)-c1ccc(-c3ccccc3)cc1[B]2. The van der Waals surface area contributed by atoms with E-state index < -0.39 is 0 Å². The van der Waals surface area contributed by atoms with E-state index in [-0.39, 0.29) is 0 Å². The Morgan fingerprint density at radius 3 is 2.33 bits per heavy atom. The topological polar surface area (TPSA) is 0 Å². The van der Waals surface area contributed by atoms with Gasteiger partial charge in [-0.05, 0) is 36.1 Å². The summed E-state index contributed by atoms with van der Waals surface area (Å²) in [5.74, 6) is 0. The molecule has 0 spiro atoms. The maximum Gasteiger partial charge on any atom is 0.193 e. The minimum Gasteiger partial charge on any atom is -0.0731 e. The van der Waals surface area contributed by atoms with Crippen LogP contribution in [-0.4, -0.2) is 7.28 Å². The third-order valence-corrected chi connectivity index (χ3v) is 4.28. The fourth-order valence-corrected chi connectivity index (χ4v) is 3.29. The van der Waals surface area contributed by atoms with Gasteiger partial charge in [-0.15, -0.1) is 0 Å². The first-order chi connectivity index (χ1) is 10.2. The molecule has 1 heterocycles. The Labute approximate surface area is 126 Å². The first-order valence-corrected chi connectivity index (χ1v) is 7.38. The number of fused-ring (bicyclic) bond motifs is 3. The summed E-state index contributed by atoms with van der Waals surface area (Å²) in [5, 5.41) is 0. The van der Waals surface area contributed by atoms with Gasteiger partial charge in [0, 0.05) is 0 Å². The van der Waals surface area contributed by atoms with E-state index in [2.05, 4.69) is 81.8 Å². The zero-order valence-electron chi connectivity index (χ0n) is 12.4. The highest BCUT2D eigenvalue weighted by atomic mass is 14.2. The smallest absolute Gasteiger partial charge is 0.0731 e. The molecule has 0 amide bonds. The van der Waals surface area contributed by atoms with Crippen molar-refractivity contribution in [2.45, 2.75) is 13.8 Å². The van der Waals surface area contributed by atoms with E-state index in [0.29, 0.717) is 0 Å². The molecule has 99 valence electrons. The molecule has 0 saturated heterocycles. The number of hydrogen-bond acceptors (Lipinski definition) is 0. The molecule has 0 saturated carbocycles. The van der Waals surface area contributed by atoms with Crippen LogP contribution in [0.25, 0.3) is 22.3 Å². The van der Waals surface area contributed by atoms with Gasteiger partial charge in [0.25, 0.3) is 0 Å². The molecular formula is C20H16B. The summed E-state index contributed by atoms with van der Waals surface area (Å²) in [5.41, 5.74) is 10.7. The Morgan fingerprint density at radius 1 is 0.714 bits per heavy atom. The van der Waals surface area contributed by atoms with E-state index in [1.807, 2.05) is 0 Å². The average Bonchev–Trinajstić information content (AvgIpc) is 2.86. The molecule has 1 aliphatic rings. The van der Waals surface area contributed by atoms with Crippen LogP contribution in [0.15, 0.2) is 60.7 Å². The largest absolute Gasteiger partial charge is 0.193 e. The van der Waals surface area contributed by atoms with Crippen LogP contribution in [0.2, 0.25) is 0 Å². The van der Waals surface area contributed by atoms with Crippen molar-refractivity contribution in [1.29, 1.82) is 0 Å². The molecule has 21 heavy (non-hydrogen) atoms. The van der Waals surface area contributed by atoms with E-state index in [1.54, 1.807) is 0 Å². The molecule has 0 nitrogen and oxygen atoms in total. The third kappa shape index (κ3) is 2.01. The highest BCUT2D eigenvalue weighted by Gasteiger charge is 2.21. The van der Waals surface area contributed by atoms with Crippen LogP contribution in [0.3, 0.4) is 0 Å². The second-order valence-corrected chi connectivity index (χ2v) is 5.86. The summed E-state index contributed by atoms with van der Waals surface area (Å²) in [4.78, 5) is 0. The molecule has 0 unspecified atom stereocenters. The highest BCUT2D eigenvalue weighted by Crippen LogP contribution is 2.26. The molecule has 0 aliphatic carbocycles. The Balaban J connectivity index is 1.85. The maximum atomic E-state index is 2.33. The van der Waals surface area contributed by atoms with Crippen molar-refractivity contribution < 1.29 is 0 Å². The number of hydrogen-bond donors (Lipinski definition) is 0. The van der Waals surface area contributed by atoms with Crippen LogP contribution in [0.1, 0.15) is 11.1 Å². The molecule has 1 heteroatoms. The summed E-state index contributed by atoms with van der Waals surface area (Å²) in [6, 6.07) is 21.9. The fourth-order valence-electron chi connectivity index (χ4n) is 3.29. The van der Waals surface area contributed by atoms with Crippen molar-refractivity contribution in [2.24, 2.45) is 0 Å². The summed E-state index contributed by atoms with van der Waals surface area (Å²) in [6.45, 7) is 4.37. The van der Waals surface area contributed by atoms with Gasteiger partial charge in [0.1, 0.15) is 0 Å². The second kappa shape index (κ2) is 4.63. The van der Waals surface area contributed by atoms with Gasteiger partial charge in [0.05, 0.1) is 0 Å². The molecule has 1 radical (unpaired) electrons. The van der Waals surface area contributed by atoms with Crippen molar-refractivity contribution in [3.05, 3.63) is 71.8 Å². The summed E-state index contributed by atoms with van der Waals surface area (Å²) in [7, 11) is 2.33. The monoisotopic (exact) mass is 267 g/mol. The molecule has 0 atom stereocenters. The molecule has 0 fully saturated rings. The average molecular weight is 267 g/mol. The summed E-state index contributed by atoms with van der Waals surface area (Å²) >= 11 is 0. The first-order valence-electron chi connectivity index (χ1n) is 7.38. The van der Waals surface area contributed by atoms with Gasteiger partial charge in [-0.3, -0.25) is 0 Å². The van der Waals surface area contributed by atoms with Crippen LogP contribution in [-0.2, 0) is 0 Å². The molecule has 0 N–H and O–H groups in total. The van der Waals surface area contributed by atoms with Crippen molar-refractivity contribution in [3.63, 3.8) is 0 Å². The predicted octanol–water partition coefficient (Wildman–Crippen LogP) is 3.61. The van der Waals surface area contributed by atoms with Gasteiger partial charge in [-0.2, -0.15) is 0 Å². The van der Waals surface area contributed by atoms with Crippen molar-refractivity contribution >= 4 is 18.2 Å². The lowest BCUT2D eigenvalue weighted by atomic mass is 9.66. The highest BCUT2D eigenvalue weighted by molar-refractivity contribution is 6.73. The zero-order chi connectivity index (χ0) is 14.4.